The molecule has 0 aliphatic carbocycles. The van der Waals surface area contributed by atoms with E-state index in [0.717, 1.165) is 34.3 Å². The van der Waals surface area contributed by atoms with Crippen LogP contribution < -0.4 is 5.32 Å². The zero-order valence-corrected chi connectivity index (χ0v) is 24.1. The van der Waals surface area contributed by atoms with Crippen LogP contribution in [0, 0.1) is 0 Å². The Morgan fingerprint density at radius 2 is 1.90 bits per heavy atom. The van der Waals surface area contributed by atoms with Crippen molar-refractivity contribution in [3.05, 3.63) is 98.4 Å². The van der Waals surface area contributed by atoms with Crippen molar-refractivity contribution in [3.8, 4) is 0 Å². The molecule has 7 nitrogen and oxygen atoms in total. The monoisotopic (exact) mass is 602 g/mol. The number of fused-ring (bicyclic) bond motifs is 3. The highest BCUT2D eigenvalue weighted by Crippen LogP contribution is 2.33. The SMILES string of the molecule is CS(=O)(=O)c1ccc2c(c1)c1c(n2C(=O)NCc2ccnc(Cl)c2)CCN(CC=Cc2ccc(Cl)c(Cl)c2)C1. The van der Waals surface area contributed by atoms with Gasteiger partial charge in [0.1, 0.15) is 5.15 Å². The standard InChI is InChI=1S/C28H25Cl3N4O3S/c1-39(37,38)20-5-7-25-21(15-20)22-17-34(11-2-3-18-4-6-23(29)24(30)13-18)12-9-26(22)35(25)28(36)33-16-19-8-10-32-27(31)14-19/h2-8,10,13-15H,9,11-12,16-17H2,1H3,(H,33,36). The molecule has 2 aromatic carbocycles. The Hall–Kier alpha value is -2.88. The average molecular weight is 604 g/mol. The first-order valence-electron chi connectivity index (χ1n) is 12.2. The number of benzene rings is 2. The summed E-state index contributed by atoms with van der Waals surface area (Å²) in [4.78, 5) is 19.9. The van der Waals surface area contributed by atoms with Gasteiger partial charge in [0.15, 0.2) is 9.84 Å². The molecule has 0 unspecified atom stereocenters. The number of amides is 1. The summed E-state index contributed by atoms with van der Waals surface area (Å²) in [7, 11) is -3.42. The lowest BCUT2D eigenvalue weighted by Gasteiger charge is -2.27. The number of aromatic nitrogens is 2. The molecule has 0 saturated heterocycles. The Bertz CT molecular complexity index is 1720. The summed E-state index contributed by atoms with van der Waals surface area (Å²) >= 11 is 18.1. The molecule has 1 aliphatic heterocycles. The minimum absolute atomic E-state index is 0.221. The van der Waals surface area contributed by atoms with Gasteiger partial charge in [0.2, 0.25) is 0 Å². The van der Waals surface area contributed by atoms with E-state index in [2.05, 4.69) is 21.3 Å². The zero-order chi connectivity index (χ0) is 27.7. The minimum Gasteiger partial charge on any atom is -0.333 e. The average Bonchev–Trinajstić information content (AvgIpc) is 3.22. The van der Waals surface area contributed by atoms with Gasteiger partial charge in [-0.25, -0.2) is 18.2 Å². The molecule has 11 heteroatoms. The fourth-order valence-corrected chi connectivity index (χ4v) is 5.93. The predicted octanol–water partition coefficient (Wildman–Crippen LogP) is 6.23. The van der Waals surface area contributed by atoms with E-state index < -0.39 is 9.84 Å². The molecule has 0 atom stereocenters. The summed E-state index contributed by atoms with van der Waals surface area (Å²) < 4.78 is 26.3. The van der Waals surface area contributed by atoms with E-state index in [-0.39, 0.29) is 17.5 Å². The Balaban J connectivity index is 1.43. The number of hydrogen-bond acceptors (Lipinski definition) is 5. The number of hydrogen-bond donors (Lipinski definition) is 1. The van der Waals surface area contributed by atoms with Gasteiger partial charge in [-0.1, -0.05) is 53.0 Å². The Morgan fingerprint density at radius 1 is 1.08 bits per heavy atom. The van der Waals surface area contributed by atoms with Crippen molar-refractivity contribution in [2.24, 2.45) is 0 Å². The first-order valence-corrected chi connectivity index (χ1v) is 15.2. The summed E-state index contributed by atoms with van der Waals surface area (Å²) in [5.41, 5.74) is 4.28. The van der Waals surface area contributed by atoms with E-state index >= 15 is 0 Å². The summed E-state index contributed by atoms with van der Waals surface area (Å²) in [6.45, 7) is 2.27. The van der Waals surface area contributed by atoms with Gasteiger partial charge < -0.3 is 5.32 Å². The molecule has 0 saturated carbocycles. The molecule has 202 valence electrons. The number of carbonyl (C=O) groups excluding carboxylic acids is 1. The van der Waals surface area contributed by atoms with Crippen LogP contribution in [0.25, 0.3) is 17.0 Å². The highest BCUT2D eigenvalue weighted by molar-refractivity contribution is 7.90. The Kier molecular flexibility index (Phi) is 8.03. The molecule has 1 amide bonds. The van der Waals surface area contributed by atoms with Crippen LogP contribution in [0.3, 0.4) is 0 Å². The van der Waals surface area contributed by atoms with Crippen molar-refractivity contribution in [2.75, 3.05) is 19.3 Å². The van der Waals surface area contributed by atoms with E-state index in [0.29, 0.717) is 40.2 Å². The van der Waals surface area contributed by atoms with Crippen molar-refractivity contribution in [1.29, 1.82) is 0 Å². The van der Waals surface area contributed by atoms with Gasteiger partial charge in [-0.2, -0.15) is 0 Å². The number of halogens is 3. The lowest BCUT2D eigenvalue weighted by molar-refractivity contribution is 0.240. The van der Waals surface area contributed by atoms with Gasteiger partial charge in [-0.3, -0.25) is 9.47 Å². The summed E-state index contributed by atoms with van der Waals surface area (Å²) in [6, 6.07) is 13.6. The predicted molar refractivity (Wildman–Crippen MR) is 156 cm³/mol. The normalized spacial score (nSPS) is 14.2. The van der Waals surface area contributed by atoms with Gasteiger partial charge in [0.25, 0.3) is 0 Å². The van der Waals surface area contributed by atoms with Gasteiger partial charge in [-0.05, 0) is 59.2 Å². The first kappa shape index (κ1) is 27.7. The van der Waals surface area contributed by atoms with Crippen LogP contribution in [0.5, 0.6) is 0 Å². The first-order chi connectivity index (χ1) is 18.6. The fraction of sp³-hybridized carbons (Fsp3) is 0.214. The topological polar surface area (TPSA) is 84.3 Å². The smallest absolute Gasteiger partial charge is 0.326 e. The molecule has 0 radical (unpaired) electrons. The molecule has 1 N–H and O–H groups in total. The second-order valence-corrected chi connectivity index (χ2v) is 12.6. The Labute approximate surface area is 241 Å². The van der Waals surface area contributed by atoms with Crippen LogP contribution in [-0.4, -0.2) is 48.2 Å². The molecule has 0 fully saturated rings. The molecule has 0 bridgehead atoms. The molecule has 3 heterocycles. The second-order valence-electron chi connectivity index (χ2n) is 9.42. The van der Waals surface area contributed by atoms with Crippen molar-refractivity contribution < 1.29 is 13.2 Å². The van der Waals surface area contributed by atoms with Crippen molar-refractivity contribution in [2.45, 2.75) is 24.4 Å². The van der Waals surface area contributed by atoms with Gasteiger partial charge >= 0.3 is 6.03 Å². The van der Waals surface area contributed by atoms with E-state index in [9.17, 15) is 13.2 Å². The summed E-state index contributed by atoms with van der Waals surface area (Å²) in [6.07, 6.45) is 7.45. The largest absolute Gasteiger partial charge is 0.333 e. The van der Waals surface area contributed by atoms with Gasteiger partial charge in [0, 0.05) is 56.1 Å². The summed E-state index contributed by atoms with van der Waals surface area (Å²) in [5.74, 6) is 0. The van der Waals surface area contributed by atoms with Crippen molar-refractivity contribution in [3.63, 3.8) is 0 Å². The summed E-state index contributed by atoms with van der Waals surface area (Å²) in [5, 5.41) is 5.08. The molecule has 5 rings (SSSR count). The minimum atomic E-state index is -3.42. The van der Waals surface area contributed by atoms with E-state index in [1.165, 1.54) is 6.26 Å². The molecule has 2 aromatic heterocycles. The van der Waals surface area contributed by atoms with E-state index in [1.54, 1.807) is 47.2 Å². The zero-order valence-electron chi connectivity index (χ0n) is 21.0. The molecule has 0 spiro atoms. The fourth-order valence-electron chi connectivity index (χ4n) is 4.78. The lowest BCUT2D eigenvalue weighted by Crippen LogP contribution is -2.34. The highest BCUT2D eigenvalue weighted by atomic mass is 35.5. The third kappa shape index (κ3) is 6.15. The number of pyridine rings is 1. The van der Waals surface area contributed by atoms with Crippen LogP contribution in [-0.2, 0) is 29.3 Å². The van der Waals surface area contributed by atoms with Crippen molar-refractivity contribution >= 4 is 67.7 Å². The van der Waals surface area contributed by atoms with Gasteiger partial charge in [-0.15, -0.1) is 0 Å². The van der Waals surface area contributed by atoms with Crippen LogP contribution in [0.4, 0.5) is 4.79 Å². The highest BCUT2D eigenvalue weighted by Gasteiger charge is 2.27. The van der Waals surface area contributed by atoms with Gasteiger partial charge in [0.05, 0.1) is 20.5 Å². The number of carbonyl (C=O) groups is 1. The number of rotatable bonds is 6. The Morgan fingerprint density at radius 3 is 2.64 bits per heavy atom. The molecule has 1 aliphatic rings. The van der Waals surface area contributed by atoms with Crippen molar-refractivity contribution in [1.82, 2.24) is 19.8 Å². The molecule has 4 aromatic rings. The maximum Gasteiger partial charge on any atom is 0.326 e. The quantitative estimate of drug-likeness (QED) is 0.264. The van der Waals surface area contributed by atoms with Crippen LogP contribution in [0.1, 0.15) is 22.4 Å². The third-order valence-electron chi connectivity index (χ3n) is 6.68. The maximum atomic E-state index is 13.4. The third-order valence-corrected chi connectivity index (χ3v) is 8.74. The van der Waals surface area contributed by atoms with Crippen LogP contribution in [0.2, 0.25) is 15.2 Å². The van der Waals surface area contributed by atoms with Crippen LogP contribution in [0.15, 0.2) is 65.7 Å². The van der Waals surface area contributed by atoms with Crippen LogP contribution >= 0.6 is 34.8 Å². The molecular formula is C28H25Cl3N4O3S. The lowest BCUT2D eigenvalue weighted by atomic mass is 10.0. The molecule has 39 heavy (non-hydrogen) atoms. The number of nitrogens with one attached hydrogen (secondary N) is 1. The number of nitrogens with zero attached hydrogens (tertiary/aromatic N) is 3. The molecular weight excluding hydrogens is 579 g/mol. The van der Waals surface area contributed by atoms with E-state index in [4.69, 9.17) is 34.8 Å². The van der Waals surface area contributed by atoms with E-state index in [1.807, 2.05) is 18.2 Å². The number of sulfone groups is 1. The maximum absolute atomic E-state index is 13.4. The second kappa shape index (κ2) is 11.3.